The Labute approximate surface area is 109 Å². The van der Waals surface area contributed by atoms with Crippen LogP contribution in [0, 0.1) is 0 Å². The van der Waals surface area contributed by atoms with Crippen molar-refractivity contribution in [3.8, 4) is 11.1 Å². The Balaban J connectivity index is 1.85. The Kier molecular flexibility index (Phi) is 2.73. The highest BCUT2D eigenvalue weighted by molar-refractivity contribution is 5.78. The molecule has 2 aromatic carbocycles. The van der Waals surface area contributed by atoms with Gasteiger partial charge in [0.1, 0.15) is 6.54 Å². The van der Waals surface area contributed by atoms with E-state index in [1.165, 1.54) is 11.1 Å². The summed E-state index contributed by atoms with van der Waals surface area (Å²) in [5.41, 5.74) is 5.12. The van der Waals surface area contributed by atoms with Crippen molar-refractivity contribution in [2.24, 2.45) is 0 Å². The van der Waals surface area contributed by atoms with E-state index in [2.05, 4.69) is 11.4 Å². The van der Waals surface area contributed by atoms with Crippen LogP contribution in [0.3, 0.4) is 0 Å². The average Bonchev–Trinajstić information content (AvgIpc) is 2.73. The highest BCUT2D eigenvalue weighted by Crippen LogP contribution is 2.37. The summed E-state index contributed by atoms with van der Waals surface area (Å²) in [7, 11) is 0. The van der Waals surface area contributed by atoms with Crippen LogP contribution >= 0.6 is 0 Å². The largest absolute Gasteiger partial charge is 0.405 e. The second-order valence-electron chi connectivity index (χ2n) is 4.67. The van der Waals surface area contributed by atoms with Gasteiger partial charge in [-0.05, 0) is 40.8 Å². The van der Waals surface area contributed by atoms with Gasteiger partial charge in [-0.25, -0.2) is 0 Å². The molecule has 98 valence electrons. The molecule has 0 bridgehead atoms. The molecule has 0 aromatic heterocycles. The van der Waals surface area contributed by atoms with Crippen LogP contribution in [0.2, 0.25) is 0 Å². The van der Waals surface area contributed by atoms with Gasteiger partial charge in [0.05, 0.1) is 0 Å². The fourth-order valence-electron chi connectivity index (χ4n) is 2.46. The standard InChI is InChI=1S/C15H12F3N/c16-15(17,18)9-19-12-5-6-14-11(8-12)7-10-3-1-2-4-13(10)14/h1-6,8,19H,7,9H2. The molecule has 19 heavy (non-hydrogen) atoms. The third kappa shape index (κ3) is 2.43. The van der Waals surface area contributed by atoms with E-state index in [1.807, 2.05) is 24.3 Å². The highest BCUT2D eigenvalue weighted by Gasteiger charge is 2.27. The average molecular weight is 263 g/mol. The van der Waals surface area contributed by atoms with Crippen molar-refractivity contribution in [2.45, 2.75) is 12.6 Å². The monoisotopic (exact) mass is 263 g/mol. The minimum atomic E-state index is -4.19. The predicted octanol–water partition coefficient (Wildman–Crippen LogP) is 4.23. The van der Waals surface area contributed by atoms with Crippen molar-refractivity contribution in [3.05, 3.63) is 53.6 Å². The summed E-state index contributed by atoms with van der Waals surface area (Å²) in [6.07, 6.45) is -3.41. The molecule has 0 heterocycles. The van der Waals surface area contributed by atoms with Crippen LogP contribution in [0.5, 0.6) is 0 Å². The lowest BCUT2D eigenvalue weighted by molar-refractivity contribution is -0.115. The molecule has 0 spiro atoms. The van der Waals surface area contributed by atoms with E-state index < -0.39 is 12.7 Å². The van der Waals surface area contributed by atoms with Gasteiger partial charge in [-0.3, -0.25) is 0 Å². The van der Waals surface area contributed by atoms with E-state index >= 15 is 0 Å². The first-order valence-corrected chi connectivity index (χ1v) is 6.05. The molecule has 1 aliphatic rings. The van der Waals surface area contributed by atoms with E-state index in [0.29, 0.717) is 5.69 Å². The van der Waals surface area contributed by atoms with E-state index in [0.717, 1.165) is 17.5 Å². The van der Waals surface area contributed by atoms with Crippen molar-refractivity contribution in [2.75, 3.05) is 11.9 Å². The van der Waals surface area contributed by atoms with Crippen LogP contribution in [0.25, 0.3) is 11.1 Å². The lowest BCUT2D eigenvalue weighted by Gasteiger charge is -2.10. The molecular formula is C15H12F3N. The molecule has 0 radical (unpaired) electrons. The predicted molar refractivity (Wildman–Crippen MR) is 69.2 cm³/mol. The zero-order valence-corrected chi connectivity index (χ0v) is 10.1. The van der Waals surface area contributed by atoms with E-state index in [-0.39, 0.29) is 0 Å². The first-order valence-electron chi connectivity index (χ1n) is 6.05. The third-order valence-corrected chi connectivity index (χ3v) is 3.29. The second-order valence-corrected chi connectivity index (χ2v) is 4.67. The van der Waals surface area contributed by atoms with Crippen LogP contribution in [0.15, 0.2) is 42.5 Å². The van der Waals surface area contributed by atoms with Gasteiger partial charge in [0.2, 0.25) is 0 Å². The lowest BCUT2D eigenvalue weighted by Crippen LogP contribution is -2.21. The third-order valence-electron chi connectivity index (χ3n) is 3.29. The molecule has 4 heteroatoms. The number of anilines is 1. The first kappa shape index (κ1) is 12.1. The molecule has 2 aromatic rings. The maximum Gasteiger partial charge on any atom is 0.405 e. The van der Waals surface area contributed by atoms with Crippen LogP contribution in [-0.4, -0.2) is 12.7 Å². The van der Waals surface area contributed by atoms with Gasteiger partial charge in [0.25, 0.3) is 0 Å². The maximum absolute atomic E-state index is 12.2. The zero-order valence-electron chi connectivity index (χ0n) is 10.1. The fraction of sp³-hybridized carbons (Fsp3) is 0.200. The number of hydrogen-bond donors (Lipinski definition) is 1. The SMILES string of the molecule is FC(F)(F)CNc1ccc2c(c1)Cc1ccccc1-2. The molecular weight excluding hydrogens is 251 g/mol. The summed E-state index contributed by atoms with van der Waals surface area (Å²) in [5, 5.41) is 2.42. The molecule has 0 unspecified atom stereocenters. The van der Waals surface area contributed by atoms with Crippen molar-refractivity contribution in [1.82, 2.24) is 0 Å². The summed E-state index contributed by atoms with van der Waals surface area (Å²) in [6, 6.07) is 13.5. The maximum atomic E-state index is 12.2. The molecule has 0 aliphatic heterocycles. The van der Waals surface area contributed by atoms with Gasteiger partial charge in [-0.1, -0.05) is 30.3 Å². The summed E-state index contributed by atoms with van der Waals surface area (Å²) < 4.78 is 36.5. The molecule has 0 fully saturated rings. The fourth-order valence-corrected chi connectivity index (χ4v) is 2.46. The van der Waals surface area contributed by atoms with Crippen LogP contribution in [0.1, 0.15) is 11.1 Å². The minimum Gasteiger partial charge on any atom is -0.376 e. The molecule has 1 nitrogen and oxygen atoms in total. The van der Waals surface area contributed by atoms with Crippen molar-refractivity contribution < 1.29 is 13.2 Å². The summed E-state index contributed by atoms with van der Waals surface area (Å²) in [6.45, 7) is -1.00. The molecule has 0 amide bonds. The number of benzene rings is 2. The summed E-state index contributed by atoms with van der Waals surface area (Å²) in [4.78, 5) is 0. The minimum absolute atomic E-state index is 0.517. The van der Waals surface area contributed by atoms with Crippen LogP contribution in [0.4, 0.5) is 18.9 Å². The number of hydrogen-bond acceptors (Lipinski definition) is 1. The van der Waals surface area contributed by atoms with E-state index in [1.54, 1.807) is 12.1 Å². The molecule has 1 aliphatic carbocycles. The zero-order chi connectivity index (χ0) is 13.5. The number of halogens is 3. The van der Waals surface area contributed by atoms with Gasteiger partial charge < -0.3 is 5.32 Å². The molecule has 3 rings (SSSR count). The molecule has 0 saturated carbocycles. The van der Waals surface area contributed by atoms with Gasteiger partial charge >= 0.3 is 6.18 Å². The van der Waals surface area contributed by atoms with Gasteiger partial charge in [0, 0.05) is 5.69 Å². The number of alkyl halides is 3. The molecule has 1 N–H and O–H groups in total. The Morgan fingerprint density at radius 1 is 0.947 bits per heavy atom. The second kappa shape index (κ2) is 4.30. The number of nitrogens with one attached hydrogen (secondary N) is 1. The van der Waals surface area contributed by atoms with Crippen LogP contribution in [-0.2, 0) is 6.42 Å². The highest BCUT2D eigenvalue weighted by atomic mass is 19.4. The Bertz CT molecular complexity index is 617. The summed E-state index contributed by atoms with van der Waals surface area (Å²) in [5.74, 6) is 0. The number of rotatable bonds is 2. The van der Waals surface area contributed by atoms with Gasteiger partial charge in [-0.15, -0.1) is 0 Å². The van der Waals surface area contributed by atoms with Gasteiger partial charge in [0.15, 0.2) is 0 Å². The topological polar surface area (TPSA) is 12.0 Å². The van der Waals surface area contributed by atoms with Gasteiger partial charge in [-0.2, -0.15) is 13.2 Å². The van der Waals surface area contributed by atoms with E-state index in [9.17, 15) is 13.2 Å². The quantitative estimate of drug-likeness (QED) is 0.729. The normalized spacial score (nSPS) is 13.0. The number of fused-ring (bicyclic) bond motifs is 3. The Hall–Kier alpha value is -1.97. The van der Waals surface area contributed by atoms with E-state index in [4.69, 9.17) is 0 Å². The molecule has 0 saturated heterocycles. The Morgan fingerprint density at radius 3 is 2.47 bits per heavy atom. The smallest absolute Gasteiger partial charge is 0.376 e. The first-order chi connectivity index (χ1) is 9.03. The van der Waals surface area contributed by atoms with Crippen LogP contribution < -0.4 is 5.32 Å². The van der Waals surface area contributed by atoms with Crippen molar-refractivity contribution in [1.29, 1.82) is 0 Å². The lowest BCUT2D eigenvalue weighted by atomic mass is 10.1. The van der Waals surface area contributed by atoms with Crippen molar-refractivity contribution in [3.63, 3.8) is 0 Å². The molecule has 0 atom stereocenters. The summed E-state index contributed by atoms with van der Waals surface area (Å²) >= 11 is 0. The van der Waals surface area contributed by atoms with Crippen molar-refractivity contribution >= 4 is 5.69 Å². The Morgan fingerprint density at radius 2 is 1.68 bits per heavy atom.